The molecule has 8 heteroatoms. The van der Waals surface area contributed by atoms with Crippen LogP contribution in [0.1, 0.15) is 6.42 Å². The smallest absolute Gasteiger partial charge is 0.224 e. The molecular formula is C12H16N6O2. The second-order valence-corrected chi connectivity index (χ2v) is 4.93. The first-order valence-electron chi connectivity index (χ1n) is 6.24. The Morgan fingerprint density at radius 1 is 1.45 bits per heavy atom. The van der Waals surface area contributed by atoms with Gasteiger partial charge in [-0.1, -0.05) is 0 Å². The number of aliphatic hydroxyl groups is 2. The van der Waals surface area contributed by atoms with Crippen molar-refractivity contribution in [2.24, 2.45) is 5.41 Å². The second-order valence-electron chi connectivity index (χ2n) is 4.93. The number of nitrogen functional groups attached to an aromatic ring is 1. The lowest BCUT2D eigenvalue weighted by Gasteiger charge is -2.05. The number of aliphatic hydroxyl groups excluding tert-OH is 2. The van der Waals surface area contributed by atoms with Crippen LogP contribution < -0.4 is 11.1 Å². The van der Waals surface area contributed by atoms with Gasteiger partial charge in [0.25, 0.3) is 0 Å². The number of fused-ring (bicyclic) bond motifs is 1. The summed E-state index contributed by atoms with van der Waals surface area (Å²) in [7, 11) is 1.74. The van der Waals surface area contributed by atoms with Gasteiger partial charge in [0.1, 0.15) is 6.33 Å². The number of imidazole rings is 1. The molecule has 1 aliphatic rings. The molecular weight excluding hydrogens is 260 g/mol. The van der Waals surface area contributed by atoms with Gasteiger partial charge in [0, 0.05) is 18.7 Å². The summed E-state index contributed by atoms with van der Waals surface area (Å²) in [6.07, 6.45) is 4.11. The Bertz CT molecular complexity index is 689. The van der Waals surface area contributed by atoms with E-state index in [4.69, 9.17) is 5.73 Å². The largest absolute Gasteiger partial charge is 0.395 e. The third kappa shape index (κ3) is 1.81. The van der Waals surface area contributed by atoms with Crippen molar-refractivity contribution in [3.63, 3.8) is 0 Å². The molecule has 5 N–H and O–H groups in total. The molecule has 1 aliphatic carbocycles. The Hall–Kier alpha value is -2.19. The fourth-order valence-electron chi connectivity index (χ4n) is 2.24. The Kier molecular flexibility index (Phi) is 2.84. The lowest BCUT2D eigenvalue weighted by molar-refractivity contribution is 0.143. The van der Waals surface area contributed by atoms with Gasteiger partial charge in [0.15, 0.2) is 17.0 Å². The number of aromatic nitrogens is 4. The van der Waals surface area contributed by atoms with Crippen LogP contribution in [0.3, 0.4) is 0 Å². The maximum Gasteiger partial charge on any atom is 0.224 e. The molecule has 0 saturated heterocycles. The van der Waals surface area contributed by atoms with E-state index < -0.39 is 5.41 Å². The molecule has 1 saturated carbocycles. The first-order chi connectivity index (χ1) is 9.63. The van der Waals surface area contributed by atoms with Gasteiger partial charge in [-0.25, -0.2) is 4.98 Å². The number of hydrogen-bond donors (Lipinski definition) is 4. The molecule has 2 aromatic rings. The molecule has 0 aromatic carbocycles. The predicted molar refractivity (Wildman–Crippen MR) is 74.8 cm³/mol. The van der Waals surface area contributed by atoms with Crippen molar-refractivity contribution in [3.05, 3.63) is 11.9 Å². The van der Waals surface area contributed by atoms with Gasteiger partial charge in [-0.3, -0.25) is 4.57 Å². The van der Waals surface area contributed by atoms with Crippen molar-refractivity contribution >= 4 is 29.1 Å². The van der Waals surface area contributed by atoms with Gasteiger partial charge >= 0.3 is 0 Å². The molecule has 0 amide bonds. The average Bonchev–Trinajstić information content (AvgIpc) is 3.02. The Balaban J connectivity index is 2.07. The van der Waals surface area contributed by atoms with Crippen LogP contribution in [0.2, 0.25) is 0 Å². The number of nitrogens with two attached hydrogens (primary N) is 1. The van der Waals surface area contributed by atoms with Crippen LogP contribution in [-0.2, 0) is 0 Å². The van der Waals surface area contributed by atoms with E-state index in [1.54, 1.807) is 17.9 Å². The topological polar surface area (TPSA) is 122 Å². The van der Waals surface area contributed by atoms with Crippen LogP contribution in [-0.4, -0.2) is 50.0 Å². The fourth-order valence-corrected chi connectivity index (χ4v) is 2.24. The van der Waals surface area contributed by atoms with E-state index in [-0.39, 0.29) is 19.2 Å². The van der Waals surface area contributed by atoms with Crippen LogP contribution in [0, 0.1) is 5.41 Å². The van der Waals surface area contributed by atoms with Gasteiger partial charge < -0.3 is 21.3 Å². The lowest BCUT2D eigenvalue weighted by atomic mass is 10.1. The number of anilines is 2. The predicted octanol–water partition coefficient (Wildman–Crippen LogP) is -0.334. The van der Waals surface area contributed by atoms with Crippen molar-refractivity contribution in [3.8, 4) is 0 Å². The van der Waals surface area contributed by atoms with Crippen LogP contribution in [0.4, 0.5) is 11.8 Å². The normalized spacial score (nSPS) is 18.6. The van der Waals surface area contributed by atoms with Crippen molar-refractivity contribution in [2.45, 2.75) is 6.42 Å². The minimum atomic E-state index is -0.499. The Morgan fingerprint density at radius 3 is 2.80 bits per heavy atom. The summed E-state index contributed by atoms with van der Waals surface area (Å²) < 4.78 is 1.73. The highest BCUT2D eigenvalue weighted by Crippen LogP contribution is 2.51. The van der Waals surface area contributed by atoms with Crippen LogP contribution in [0.25, 0.3) is 17.4 Å². The van der Waals surface area contributed by atoms with E-state index in [1.165, 1.54) is 0 Å². The minimum absolute atomic E-state index is 0.0686. The molecule has 0 atom stereocenters. The summed E-state index contributed by atoms with van der Waals surface area (Å²) in [6.45, 7) is -0.137. The highest BCUT2D eigenvalue weighted by Gasteiger charge is 2.48. The monoisotopic (exact) mass is 276 g/mol. The van der Waals surface area contributed by atoms with E-state index in [0.29, 0.717) is 23.4 Å². The lowest BCUT2D eigenvalue weighted by Crippen LogP contribution is -2.12. The molecule has 106 valence electrons. The maximum atomic E-state index is 9.31. The number of nitrogens with one attached hydrogen (secondary N) is 1. The number of hydrogen-bond acceptors (Lipinski definition) is 7. The van der Waals surface area contributed by atoms with E-state index >= 15 is 0 Å². The van der Waals surface area contributed by atoms with E-state index in [2.05, 4.69) is 20.3 Å². The van der Waals surface area contributed by atoms with E-state index in [1.807, 2.05) is 6.20 Å². The highest BCUT2D eigenvalue weighted by molar-refractivity contribution is 5.85. The number of nitrogens with zero attached hydrogens (tertiary/aromatic N) is 4. The average molecular weight is 276 g/mol. The van der Waals surface area contributed by atoms with Gasteiger partial charge in [-0.2, -0.15) is 9.97 Å². The summed E-state index contributed by atoms with van der Waals surface area (Å²) in [5.74, 6) is 0.726. The summed E-state index contributed by atoms with van der Waals surface area (Å²) in [6, 6.07) is 0. The standard InChI is InChI=1S/C12H16N6O2/c1-14-9-8-10(17-11(13)16-9)18(6-15-8)3-7-2-12(7,4-19)5-20/h3,6,19-20H,2,4-5H2,1H3,(H3,13,14,16,17)/b7-3-. The van der Waals surface area contributed by atoms with E-state index in [9.17, 15) is 10.2 Å². The van der Waals surface area contributed by atoms with Crippen LogP contribution in [0.15, 0.2) is 11.9 Å². The van der Waals surface area contributed by atoms with E-state index in [0.717, 1.165) is 5.57 Å². The Morgan fingerprint density at radius 2 is 2.20 bits per heavy atom. The molecule has 20 heavy (non-hydrogen) atoms. The highest BCUT2D eigenvalue weighted by atomic mass is 16.3. The van der Waals surface area contributed by atoms with Gasteiger partial charge in [-0.15, -0.1) is 0 Å². The zero-order chi connectivity index (χ0) is 14.3. The summed E-state index contributed by atoms with van der Waals surface area (Å²) in [5.41, 5.74) is 7.35. The number of rotatable bonds is 4. The molecule has 0 aliphatic heterocycles. The fraction of sp³-hybridized carbons (Fsp3) is 0.417. The molecule has 2 aromatic heterocycles. The first-order valence-corrected chi connectivity index (χ1v) is 6.24. The second kappa shape index (κ2) is 4.43. The quantitative estimate of drug-likeness (QED) is 0.603. The first kappa shape index (κ1) is 12.8. The minimum Gasteiger partial charge on any atom is -0.395 e. The van der Waals surface area contributed by atoms with Gasteiger partial charge in [0.2, 0.25) is 5.95 Å². The third-order valence-electron chi connectivity index (χ3n) is 3.66. The molecule has 0 bridgehead atoms. The third-order valence-corrected chi connectivity index (χ3v) is 3.66. The van der Waals surface area contributed by atoms with Crippen molar-refractivity contribution < 1.29 is 10.2 Å². The van der Waals surface area contributed by atoms with Crippen LogP contribution in [0.5, 0.6) is 0 Å². The molecule has 0 radical (unpaired) electrons. The molecule has 2 heterocycles. The van der Waals surface area contributed by atoms with Crippen molar-refractivity contribution in [1.82, 2.24) is 19.5 Å². The summed E-state index contributed by atoms with van der Waals surface area (Å²) >= 11 is 0. The molecule has 0 spiro atoms. The summed E-state index contributed by atoms with van der Waals surface area (Å²) in [5, 5.41) is 21.6. The zero-order valence-electron chi connectivity index (χ0n) is 11.0. The molecule has 8 nitrogen and oxygen atoms in total. The van der Waals surface area contributed by atoms with Crippen LogP contribution >= 0.6 is 0 Å². The van der Waals surface area contributed by atoms with Crippen molar-refractivity contribution in [1.29, 1.82) is 0 Å². The Labute approximate surface area is 115 Å². The van der Waals surface area contributed by atoms with Gasteiger partial charge in [-0.05, 0) is 12.0 Å². The molecule has 3 rings (SSSR count). The van der Waals surface area contributed by atoms with Crippen molar-refractivity contribution in [2.75, 3.05) is 31.3 Å². The van der Waals surface area contributed by atoms with Gasteiger partial charge in [0.05, 0.1) is 13.2 Å². The SMILES string of the molecule is CNc1nc(N)nc2c1ncn2/C=C1/CC1(CO)CO. The molecule has 0 unspecified atom stereocenters. The summed E-state index contributed by atoms with van der Waals surface area (Å²) in [4.78, 5) is 12.5. The zero-order valence-corrected chi connectivity index (χ0v) is 11.0. The molecule has 1 fully saturated rings. The maximum absolute atomic E-state index is 9.31.